The van der Waals surface area contributed by atoms with Crippen LogP contribution in [0.3, 0.4) is 0 Å². The van der Waals surface area contributed by atoms with Gasteiger partial charge in [-0.15, -0.1) is 0 Å². The Morgan fingerprint density at radius 3 is 2.32 bits per heavy atom. The molecule has 0 aliphatic heterocycles. The van der Waals surface area contributed by atoms with Crippen LogP contribution >= 0.6 is 0 Å². The third-order valence-corrected chi connectivity index (χ3v) is 3.54. The van der Waals surface area contributed by atoms with Crippen LogP contribution in [-0.4, -0.2) is 18.2 Å². The van der Waals surface area contributed by atoms with E-state index in [0.717, 1.165) is 11.1 Å². The van der Waals surface area contributed by atoms with Gasteiger partial charge in [-0.25, -0.2) is 4.79 Å². The summed E-state index contributed by atoms with van der Waals surface area (Å²) in [5.74, 6) is 0.156. The molecule has 2 rings (SSSR count). The molecule has 0 bridgehead atoms. The van der Waals surface area contributed by atoms with Gasteiger partial charge in [-0.05, 0) is 50.1 Å². The average molecular weight is 335 g/mol. The molecule has 0 atom stereocenters. The van der Waals surface area contributed by atoms with Gasteiger partial charge in [0.1, 0.15) is 5.75 Å². The predicted octanol–water partition coefficient (Wildman–Crippen LogP) is 4.47. The molecule has 0 N–H and O–H groups in total. The van der Waals surface area contributed by atoms with Crippen LogP contribution < -0.4 is 4.74 Å². The predicted molar refractivity (Wildman–Crippen MR) is 97.7 cm³/mol. The number of rotatable bonds is 6. The van der Waals surface area contributed by atoms with Crippen molar-refractivity contribution in [3.05, 3.63) is 65.7 Å². The molecule has 0 amide bonds. The second kappa shape index (κ2) is 8.16. The van der Waals surface area contributed by atoms with E-state index in [1.807, 2.05) is 48.5 Å². The van der Waals surface area contributed by atoms with Crippen LogP contribution in [0.5, 0.6) is 5.75 Å². The standard InChI is InChI=1S/C21H21NO3/c1-4-24-20(23)21(2,3)25-19-12-10-16(11-13-19)14-18(15-22)17-8-6-5-7-9-17/h5-14H,4H2,1-3H3. The molecular weight excluding hydrogens is 314 g/mol. The number of benzene rings is 2. The third kappa shape index (κ3) is 4.95. The molecule has 0 saturated carbocycles. The highest BCUT2D eigenvalue weighted by Gasteiger charge is 2.31. The van der Waals surface area contributed by atoms with Crippen molar-refractivity contribution < 1.29 is 14.3 Å². The fourth-order valence-electron chi connectivity index (χ4n) is 2.24. The van der Waals surface area contributed by atoms with Crippen molar-refractivity contribution >= 4 is 17.6 Å². The molecule has 0 aromatic heterocycles. The first-order valence-corrected chi connectivity index (χ1v) is 8.10. The minimum Gasteiger partial charge on any atom is -0.476 e. The van der Waals surface area contributed by atoms with Gasteiger partial charge in [0.2, 0.25) is 0 Å². The number of allylic oxidation sites excluding steroid dienone is 1. The fourth-order valence-corrected chi connectivity index (χ4v) is 2.24. The molecule has 2 aromatic carbocycles. The van der Waals surface area contributed by atoms with E-state index < -0.39 is 11.6 Å². The Balaban J connectivity index is 2.16. The van der Waals surface area contributed by atoms with E-state index >= 15 is 0 Å². The van der Waals surface area contributed by atoms with Crippen LogP contribution in [0.15, 0.2) is 54.6 Å². The van der Waals surface area contributed by atoms with Crippen molar-refractivity contribution in [2.75, 3.05) is 6.61 Å². The number of ether oxygens (including phenoxy) is 2. The summed E-state index contributed by atoms with van der Waals surface area (Å²) in [6.07, 6.45) is 1.82. The van der Waals surface area contributed by atoms with E-state index in [9.17, 15) is 10.1 Å². The fraction of sp³-hybridized carbons (Fsp3) is 0.238. The number of hydrogen-bond acceptors (Lipinski definition) is 4. The lowest BCUT2D eigenvalue weighted by Gasteiger charge is -2.24. The van der Waals surface area contributed by atoms with E-state index in [1.54, 1.807) is 32.9 Å². The summed E-state index contributed by atoms with van der Waals surface area (Å²) in [7, 11) is 0. The number of hydrogen-bond donors (Lipinski definition) is 0. The number of carbonyl (C=O) groups is 1. The highest BCUT2D eigenvalue weighted by atomic mass is 16.6. The van der Waals surface area contributed by atoms with Crippen LogP contribution in [-0.2, 0) is 9.53 Å². The summed E-state index contributed by atoms with van der Waals surface area (Å²) in [6.45, 7) is 5.41. The Bertz CT molecular complexity index is 784. The van der Waals surface area contributed by atoms with Crippen LogP contribution in [0.1, 0.15) is 31.9 Å². The molecule has 0 radical (unpaired) electrons. The van der Waals surface area contributed by atoms with E-state index in [0.29, 0.717) is 17.9 Å². The average Bonchev–Trinajstić information content (AvgIpc) is 2.61. The highest BCUT2D eigenvalue weighted by Crippen LogP contribution is 2.22. The second-order valence-electron chi connectivity index (χ2n) is 5.94. The largest absolute Gasteiger partial charge is 0.476 e. The Kier molecular flexibility index (Phi) is 5.97. The van der Waals surface area contributed by atoms with E-state index in [4.69, 9.17) is 9.47 Å². The van der Waals surface area contributed by atoms with Gasteiger partial charge >= 0.3 is 5.97 Å². The molecule has 0 aliphatic carbocycles. The Hall–Kier alpha value is -3.06. The smallest absolute Gasteiger partial charge is 0.349 e. The molecule has 2 aromatic rings. The molecule has 0 fully saturated rings. The number of carbonyl (C=O) groups excluding carboxylic acids is 1. The molecule has 0 spiro atoms. The Morgan fingerprint density at radius 1 is 1.12 bits per heavy atom. The Labute approximate surface area is 148 Å². The Morgan fingerprint density at radius 2 is 1.76 bits per heavy atom. The molecular formula is C21H21NO3. The molecule has 0 aliphatic rings. The van der Waals surface area contributed by atoms with Gasteiger partial charge in [-0.2, -0.15) is 5.26 Å². The molecule has 4 nitrogen and oxygen atoms in total. The second-order valence-corrected chi connectivity index (χ2v) is 5.94. The summed E-state index contributed by atoms with van der Waals surface area (Å²) >= 11 is 0. The molecule has 0 heterocycles. The van der Waals surface area contributed by atoms with Crippen molar-refractivity contribution in [1.82, 2.24) is 0 Å². The first-order valence-electron chi connectivity index (χ1n) is 8.10. The van der Waals surface area contributed by atoms with Gasteiger partial charge in [0.15, 0.2) is 5.60 Å². The summed E-state index contributed by atoms with van der Waals surface area (Å²) < 4.78 is 10.7. The van der Waals surface area contributed by atoms with Crippen molar-refractivity contribution in [3.63, 3.8) is 0 Å². The van der Waals surface area contributed by atoms with Crippen molar-refractivity contribution in [3.8, 4) is 11.8 Å². The monoisotopic (exact) mass is 335 g/mol. The van der Waals surface area contributed by atoms with Crippen LogP contribution in [0.2, 0.25) is 0 Å². The quantitative estimate of drug-likeness (QED) is 0.444. The first-order chi connectivity index (χ1) is 12.0. The first kappa shape index (κ1) is 18.3. The number of nitrogens with zero attached hydrogens (tertiary/aromatic N) is 1. The molecule has 0 unspecified atom stereocenters. The van der Waals surface area contributed by atoms with Gasteiger partial charge < -0.3 is 9.47 Å². The maximum atomic E-state index is 11.9. The van der Waals surface area contributed by atoms with Crippen LogP contribution in [0.4, 0.5) is 0 Å². The topological polar surface area (TPSA) is 59.3 Å². The lowest BCUT2D eigenvalue weighted by molar-refractivity contribution is -0.158. The highest BCUT2D eigenvalue weighted by molar-refractivity contribution is 5.89. The summed E-state index contributed by atoms with van der Waals surface area (Å²) in [4.78, 5) is 11.9. The minimum absolute atomic E-state index is 0.311. The lowest BCUT2D eigenvalue weighted by Crippen LogP contribution is -2.39. The zero-order valence-corrected chi connectivity index (χ0v) is 14.7. The lowest BCUT2D eigenvalue weighted by atomic mass is 10.0. The van der Waals surface area contributed by atoms with E-state index in [1.165, 1.54) is 0 Å². The van der Waals surface area contributed by atoms with Crippen molar-refractivity contribution in [2.45, 2.75) is 26.4 Å². The minimum atomic E-state index is -1.06. The summed E-state index contributed by atoms with van der Waals surface area (Å²) in [5, 5.41) is 9.37. The summed E-state index contributed by atoms with van der Waals surface area (Å²) in [5.41, 5.74) is 1.27. The van der Waals surface area contributed by atoms with Gasteiger partial charge in [0.25, 0.3) is 0 Å². The van der Waals surface area contributed by atoms with Gasteiger partial charge in [-0.1, -0.05) is 42.5 Å². The molecule has 128 valence electrons. The third-order valence-electron chi connectivity index (χ3n) is 3.54. The maximum absolute atomic E-state index is 11.9. The van der Waals surface area contributed by atoms with Gasteiger partial charge in [0.05, 0.1) is 18.2 Å². The molecule has 0 saturated heterocycles. The van der Waals surface area contributed by atoms with Gasteiger partial charge in [0, 0.05) is 0 Å². The molecule has 25 heavy (non-hydrogen) atoms. The van der Waals surface area contributed by atoms with Crippen molar-refractivity contribution in [2.24, 2.45) is 0 Å². The normalized spacial score (nSPS) is 11.5. The van der Waals surface area contributed by atoms with E-state index in [-0.39, 0.29) is 0 Å². The zero-order chi connectivity index (χ0) is 18.3. The molecule has 4 heteroatoms. The van der Waals surface area contributed by atoms with E-state index in [2.05, 4.69) is 6.07 Å². The number of nitriles is 1. The SMILES string of the molecule is CCOC(=O)C(C)(C)Oc1ccc(C=C(C#N)c2ccccc2)cc1. The number of esters is 1. The summed E-state index contributed by atoms with van der Waals surface area (Å²) in [6, 6.07) is 18.9. The van der Waals surface area contributed by atoms with Gasteiger partial charge in [-0.3, -0.25) is 0 Å². The zero-order valence-electron chi connectivity index (χ0n) is 14.7. The maximum Gasteiger partial charge on any atom is 0.349 e. The van der Waals surface area contributed by atoms with Crippen LogP contribution in [0.25, 0.3) is 11.6 Å². The van der Waals surface area contributed by atoms with Crippen LogP contribution in [0, 0.1) is 11.3 Å². The van der Waals surface area contributed by atoms with Crippen molar-refractivity contribution in [1.29, 1.82) is 5.26 Å².